The van der Waals surface area contributed by atoms with Gasteiger partial charge in [-0.3, -0.25) is 5.41 Å². The number of benzene rings is 3. The van der Waals surface area contributed by atoms with Crippen LogP contribution in [0.25, 0.3) is 0 Å². The lowest BCUT2D eigenvalue weighted by molar-refractivity contribution is 0.417. The number of nitrogens with two attached hydrogens (primary N) is 1. The summed E-state index contributed by atoms with van der Waals surface area (Å²) in [6.07, 6.45) is 0. The zero-order chi connectivity index (χ0) is 19.0. The molecular formula is C20H13F2N3O2. The van der Waals surface area contributed by atoms with Crippen LogP contribution in [0.15, 0.2) is 65.7 Å². The second-order valence-corrected chi connectivity index (χ2v) is 5.80. The molecule has 3 aromatic rings. The van der Waals surface area contributed by atoms with Crippen LogP contribution in [0.4, 0.5) is 8.78 Å². The molecule has 0 fully saturated rings. The Hall–Kier alpha value is -3.74. The van der Waals surface area contributed by atoms with Crippen LogP contribution in [0.5, 0.6) is 23.0 Å². The number of rotatable bonds is 4. The van der Waals surface area contributed by atoms with Crippen molar-refractivity contribution in [2.45, 2.75) is 0 Å². The third kappa shape index (κ3) is 3.35. The fourth-order valence-corrected chi connectivity index (χ4v) is 2.63. The van der Waals surface area contributed by atoms with Gasteiger partial charge in [-0.25, -0.2) is 13.8 Å². The molecule has 0 amide bonds. The summed E-state index contributed by atoms with van der Waals surface area (Å²) in [6.45, 7) is 0. The van der Waals surface area contributed by atoms with E-state index in [1.807, 2.05) is 0 Å². The van der Waals surface area contributed by atoms with E-state index in [2.05, 4.69) is 4.99 Å². The number of halogens is 2. The summed E-state index contributed by atoms with van der Waals surface area (Å²) in [6, 6.07) is 14.2. The summed E-state index contributed by atoms with van der Waals surface area (Å²) in [5.41, 5.74) is 6.90. The minimum atomic E-state index is -0.387. The number of fused-ring (bicyclic) bond motifs is 1. The van der Waals surface area contributed by atoms with Crippen LogP contribution < -0.4 is 15.2 Å². The van der Waals surface area contributed by atoms with E-state index < -0.39 is 0 Å². The normalized spacial score (nSPS) is 12.5. The van der Waals surface area contributed by atoms with Gasteiger partial charge in [-0.05, 0) is 60.7 Å². The summed E-state index contributed by atoms with van der Waals surface area (Å²) in [7, 11) is 0. The number of hydrogen-bond donors (Lipinski definition) is 2. The highest BCUT2D eigenvalue weighted by molar-refractivity contribution is 6.21. The molecule has 5 nitrogen and oxygen atoms in total. The molecule has 0 saturated carbocycles. The quantitative estimate of drug-likeness (QED) is 0.709. The van der Waals surface area contributed by atoms with Crippen molar-refractivity contribution >= 4 is 11.7 Å². The standard InChI is InChI=1S/C20H13F2N3O2/c21-11-1-5-13(6-2-11)26-17-9-15-16(20(24)25-19(15)23)10-18(17)27-14-7-3-12(22)4-8-14/h1-10H,(H3,23,24,25). The first-order chi connectivity index (χ1) is 13.0. The number of nitrogens with zero attached hydrogens (tertiary/aromatic N) is 1. The Morgan fingerprint density at radius 1 is 0.741 bits per heavy atom. The van der Waals surface area contributed by atoms with Crippen molar-refractivity contribution in [3.05, 3.63) is 83.4 Å². The molecule has 0 atom stereocenters. The molecule has 0 radical (unpaired) electrons. The van der Waals surface area contributed by atoms with Crippen LogP contribution in [0, 0.1) is 17.0 Å². The van der Waals surface area contributed by atoms with Crippen LogP contribution in [-0.2, 0) is 0 Å². The third-order valence-electron chi connectivity index (χ3n) is 3.93. The first kappa shape index (κ1) is 16.7. The number of hydrogen-bond acceptors (Lipinski definition) is 4. The predicted octanol–water partition coefficient (Wildman–Crippen LogP) is 4.59. The Morgan fingerprint density at radius 2 is 1.19 bits per heavy atom. The van der Waals surface area contributed by atoms with Gasteiger partial charge in [0.15, 0.2) is 17.3 Å². The smallest absolute Gasteiger partial charge is 0.170 e. The molecule has 0 saturated heterocycles. The predicted molar refractivity (Wildman–Crippen MR) is 96.9 cm³/mol. The fraction of sp³-hybridized carbons (Fsp3) is 0. The monoisotopic (exact) mass is 365 g/mol. The summed E-state index contributed by atoms with van der Waals surface area (Å²) in [4.78, 5) is 3.94. The van der Waals surface area contributed by atoms with Gasteiger partial charge in [0.2, 0.25) is 0 Å². The maximum Gasteiger partial charge on any atom is 0.170 e. The van der Waals surface area contributed by atoms with Crippen molar-refractivity contribution in [2.24, 2.45) is 10.7 Å². The highest BCUT2D eigenvalue weighted by atomic mass is 19.1. The molecule has 0 bridgehead atoms. The lowest BCUT2D eigenvalue weighted by Gasteiger charge is -2.14. The van der Waals surface area contributed by atoms with Gasteiger partial charge in [0.25, 0.3) is 0 Å². The first-order valence-electron chi connectivity index (χ1n) is 7.98. The van der Waals surface area contributed by atoms with Crippen molar-refractivity contribution in [3.8, 4) is 23.0 Å². The summed E-state index contributed by atoms with van der Waals surface area (Å²) >= 11 is 0. The fourth-order valence-electron chi connectivity index (χ4n) is 2.63. The molecule has 3 aromatic carbocycles. The van der Waals surface area contributed by atoms with Gasteiger partial charge in [-0.15, -0.1) is 0 Å². The molecule has 7 heteroatoms. The highest BCUT2D eigenvalue weighted by Gasteiger charge is 2.23. The van der Waals surface area contributed by atoms with Gasteiger partial charge >= 0.3 is 0 Å². The van der Waals surface area contributed by atoms with Crippen LogP contribution in [0.1, 0.15) is 11.1 Å². The van der Waals surface area contributed by atoms with Gasteiger partial charge in [0, 0.05) is 11.1 Å². The molecule has 0 unspecified atom stereocenters. The number of ether oxygens (including phenoxy) is 2. The zero-order valence-corrected chi connectivity index (χ0v) is 13.9. The Balaban J connectivity index is 1.75. The van der Waals surface area contributed by atoms with Crippen LogP contribution in [-0.4, -0.2) is 11.7 Å². The Bertz CT molecular complexity index is 1060. The molecule has 1 aliphatic rings. The van der Waals surface area contributed by atoms with E-state index in [4.69, 9.17) is 20.6 Å². The lowest BCUT2D eigenvalue weighted by Crippen LogP contribution is -2.10. The average molecular weight is 365 g/mol. The second kappa shape index (κ2) is 6.53. The molecule has 0 aliphatic carbocycles. The van der Waals surface area contributed by atoms with E-state index in [9.17, 15) is 8.78 Å². The second-order valence-electron chi connectivity index (χ2n) is 5.80. The molecule has 0 aromatic heterocycles. The van der Waals surface area contributed by atoms with Gasteiger partial charge in [-0.2, -0.15) is 0 Å². The Morgan fingerprint density at radius 3 is 1.67 bits per heavy atom. The third-order valence-corrected chi connectivity index (χ3v) is 3.93. The van der Waals surface area contributed by atoms with Crippen LogP contribution >= 0.6 is 0 Å². The summed E-state index contributed by atoms with van der Waals surface area (Å²) in [5.74, 6) is 0.817. The molecule has 1 aliphatic heterocycles. The number of aliphatic imine (C=N–C) groups is 1. The maximum absolute atomic E-state index is 13.1. The Kier molecular flexibility index (Phi) is 4.04. The van der Waals surface area contributed by atoms with Crippen LogP contribution in [0.3, 0.4) is 0 Å². The lowest BCUT2D eigenvalue weighted by atomic mass is 10.1. The largest absolute Gasteiger partial charge is 0.453 e. The molecule has 0 spiro atoms. The molecule has 3 N–H and O–H groups in total. The van der Waals surface area contributed by atoms with Crippen LogP contribution in [0.2, 0.25) is 0 Å². The van der Waals surface area contributed by atoms with E-state index in [0.717, 1.165) is 0 Å². The molecule has 134 valence electrons. The zero-order valence-electron chi connectivity index (χ0n) is 13.9. The van der Waals surface area contributed by atoms with Gasteiger partial charge in [-0.1, -0.05) is 0 Å². The number of amidine groups is 2. The minimum absolute atomic E-state index is 0.0137. The van der Waals surface area contributed by atoms with E-state index in [0.29, 0.717) is 34.1 Å². The van der Waals surface area contributed by atoms with E-state index in [1.165, 1.54) is 48.5 Å². The molecule has 27 heavy (non-hydrogen) atoms. The Labute approximate surface area is 153 Å². The summed E-state index contributed by atoms with van der Waals surface area (Å²) < 4.78 is 37.9. The van der Waals surface area contributed by atoms with Gasteiger partial charge in [0.05, 0.1) is 0 Å². The molecule has 1 heterocycles. The first-order valence-corrected chi connectivity index (χ1v) is 7.98. The average Bonchev–Trinajstić information content (AvgIpc) is 2.92. The molecule has 4 rings (SSSR count). The van der Waals surface area contributed by atoms with Crippen molar-refractivity contribution in [1.82, 2.24) is 0 Å². The van der Waals surface area contributed by atoms with E-state index in [1.54, 1.807) is 12.1 Å². The van der Waals surface area contributed by atoms with Gasteiger partial charge < -0.3 is 15.2 Å². The van der Waals surface area contributed by atoms with Crippen molar-refractivity contribution < 1.29 is 18.3 Å². The van der Waals surface area contributed by atoms with Crippen molar-refractivity contribution in [1.29, 1.82) is 5.41 Å². The minimum Gasteiger partial charge on any atom is -0.453 e. The maximum atomic E-state index is 13.1. The summed E-state index contributed by atoms with van der Waals surface area (Å²) in [5, 5.41) is 7.93. The van der Waals surface area contributed by atoms with Gasteiger partial charge in [0.1, 0.15) is 29.0 Å². The topological polar surface area (TPSA) is 80.7 Å². The number of nitrogens with one attached hydrogen (secondary N) is 1. The van der Waals surface area contributed by atoms with Crippen molar-refractivity contribution in [2.75, 3.05) is 0 Å². The molecular weight excluding hydrogens is 352 g/mol. The van der Waals surface area contributed by atoms with E-state index >= 15 is 0 Å². The van der Waals surface area contributed by atoms with E-state index in [-0.39, 0.29) is 23.3 Å². The van der Waals surface area contributed by atoms with Crippen molar-refractivity contribution in [3.63, 3.8) is 0 Å². The highest BCUT2D eigenvalue weighted by Crippen LogP contribution is 2.38. The SMILES string of the molecule is N=C1N=C(N)c2cc(Oc3ccc(F)cc3)c(Oc3ccc(F)cc3)cc21.